The second-order valence-electron chi connectivity index (χ2n) is 4.21. The van der Waals surface area contributed by atoms with Gasteiger partial charge in [-0.05, 0) is 25.3 Å². The van der Waals surface area contributed by atoms with Crippen LogP contribution in [0.5, 0.6) is 0 Å². The Morgan fingerprint density at radius 1 is 1.65 bits per heavy atom. The molecule has 3 N–H and O–H groups in total. The molecule has 1 heterocycles. The van der Waals surface area contributed by atoms with E-state index >= 15 is 0 Å². The summed E-state index contributed by atoms with van der Waals surface area (Å²) in [4.78, 5) is 4.14. The van der Waals surface area contributed by atoms with Gasteiger partial charge in [-0.15, -0.1) is 0 Å². The molecule has 1 aromatic heterocycles. The van der Waals surface area contributed by atoms with Gasteiger partial charge in [0.1, 0.15) is 0 Å². The average molecular weight is 235 g/mol. The lowest BCUT2D eigenvalue weighted by atomic mass is 10.2. The summed E-state index contributed by atoms with van der Waals surface area (Å²) in [6.07, 6.45) is 5.92. The second-order valence-corrected chi connectivity index (χ2v) is 4.21. The summed E-state index contributed by atoms with van der Waals surface area (Å²) in [5, 5.41) is 7.19. The monoisotopic (exact) mass is 235 g/mol. The third-order valence-electron chi connectivity index (χ3n) is 2.23. The lowest BCUT2D eigenvalue weighted by molar-refractivity contribution is 0.756. The molecular formula is C12H21N5. The number of rotatable bonds is 6. The second kappa shape index (κ2) is 6.73. The fraction of sp³-hybridized carbons (Fsp3) is 0.500. The van der Waals surface area contributed by atoms with Crippen molar-refractivity contribution in [3.8, 4) is 0 Å². The van der Waals surface area contributed by atoms with Crippen molar-refractivity contribution >= 4 is 5.96 Å². The molecule has 5 heteroatoms. The smallest absolute Gasteiger partial charge is 0.188 e. The Bertz CT molecular complexity index is 391. The van der Waals surface area contributed by atoms with Gasteiger partial charge in [0.15, 0.2) is 5.96 Å². The van der Waals surface area contributed by atoms with Gasteiger partial charge in [0.2, 0.25) is 0 Å². The van der Waals surface area contributed by atoms with Crippen LogP contribution >= 0.6 is 0 Å². The van der Waals surface area contributed by atoms with Gasteiger partial charge in [0.25, 0.3) is 0 Å². The van der Waals surface area contributed by atoms with Crippen LogP contribution in [0.1, 0.15) is 18.9 Å². The minimum atomic E-state index is 0.485. The quantitative estimate of drug-likeness (QED) is 0.332. The molecule has 0 amide bonds. The van der Waals surface area contributed by atoms with Crippen molar-refractivity contribution < 1.29 is 0 Å². The van der Waals surface area contributed by atoms with Crippen LogP contribution in [0.25, 0.3) is 0 Å². The number of nitrogens with two attached hydrogens (primary N) is 1. The molecule has 0 bridgehead atoms. The molecular weight excluding hydrogens is 214 g/mol. The number of guanidine groups is 1. The lowest BCUT2D eigenvalue weighted by Gasteiger charge is -2.04. The number of aliphatic imine (C=N–C) groups is 1. The van der Waals surface area contributed by atoms with Gasteiger partial charge in [-0.1, -0.05) is 12.2 Å². The van der Waals surface area contributed by atoms with Gasteiger partial charge in [0, 0.05) is 19.8 Å². The zero-order chi connectivity index (χ0) is 12.7. The van der Waals surface area contributed by atoms with Crippen LogP contribution in [0, 0.1) is 0 Å². The molecule has 0 aliphatic carbocycles. The molecule has 94 valence electrons. The first kappa shape index (κ1) is 13.3. The van der Waals surface area contributed by atoms with E-state index in [9.17, 15) is 0 Å². The van der Waals surface area contributed by atoms with Crippen LogP contribution in [-0.4, -0.2) is 28.8 Å². The zero-order valence-electron chi connectivity index (χ0n) is 10.6. The summed E-state index contributed by atoms with van der Waals surface area (Å²) in [6.45, 7) is 7.10. The Kier molecular flexibility index (Phi) is 5.26. The average Bonchev–Trinajstić information content (AvgIpc) is 2.68. The van der Waals surface area contributed by atoms with Crippen molar-refractivity contribution in [2.24, 2.45) is 17.8 Å². The van der Waals surface area contributed by atoms with Gasteiger partial charge < -0.3 is 11.1 Å². The minimum absolute atomic E-state index is 0.485. The standard InChI is InChI=1S/C12H21N5/c1-10(2)7-15-12(13)14-6-4-5-11-8-16-17(3)9-11/h8-9H,1,4-7H2,2-3H3,(H3,13,14,15). The zero-order valence-corrected chi connectivity index (χ0v) is 10.6. The summed E-state index contributed by atoms with van der Waals surface area (Å²) < 4.78 is 1.81. The van der Waals surface area contributed by atoms with Crippen LogP contribution in [0.3, 0.4) is 0 Å². The van der Waals surface area contributed by atoms with Crippen molar-refractivity contribution in [3.05, 3.63) is 30.1 Å². The molecule has 0 atom stereocenters. The van der Waals surface area contributed by atoms with Gasteiger partial charge in [-0.25, -0.2) is 4.99 Å². The topological polar surface area (TPSA) is 68.2 Å². The summed E-state index contributed by atoms with van der Waals surface area (Å²) >= 11 is 0. The number of aromatic nitrogens is 2. The number of hydrogen-bond donors (Lipinski definition) is 2. The molecule has 0 radical (unpaired) electrons. The van der Waals surface area contributed by atoms with E-state index < -0.39 is 0 Å². The SMILES string of the molecule is C=C(C)CN=C(N)NCCCc1cnn(C)c1. The lowest BCUT2D eigenvalue weighted by Crippen LogP contribution is -2.32. The van der Waals surface area contributed by atoms with E-state index in [4.69, 9.17) is 5.73 Å². The number of aryl methyl sites for hydroxylation is 2. The van der Waals surface area contributed by atoms with E-state index in [2.05, 4.69) is 22.0 Å². The van der Waals surface area contributed by atoms with E-state index in [1.54, 1.807) is 0 Å². The van der Waals surface area contributed by atoms with Crippen molar-refractivity contribution in [1.29, 1.82) is 0 Å². The van der Waals surface area contributed by atoms with Crippen LogP contribution < -0.4 is 11.1 Å². The number of nitrogens with zero attached hydrogens (tertiary/aromatic N) is 3. The van der Waals surface area contributed by atoms with Gasteiger partial charge >= 0.3 is 0 Å². The first-order valence-electron chi connectivity index (χ1n) is 5.73. The van der Waals surface area contributed by atoms with Crippen molar-refractivity contribution in [1.82, 2.24) is 15.1 Å². The third kappa shape index (κ3) is 5.75. The normalized spacial score (nSPS) is 11.5. The summed E-state index contributed by atoms with van der Waals surface area (Å²) in [5.41, 5.74) is 7.93. The summed E-state index contributed by atoms with van der Waals surface area (Å²) in [6, 6.07) is 0. The van der Waals surface area contributed by atoms with Crippen molar-refractivity contribution in [2.45, 2.75) is 19.8 Å². The van der Waals surface area contributed by atoms with Gasteiger partial charge in [-0.3, -0.25) is 4.68 Å². The molecule has 1 rings (SSSR count). The van der Waals surface area contributed by atoms with Crippen molar-refractivity contribution in [2.75, 3.05) is 13.1 Å². The largest absolute Gasteiger partial charge is 0.370 e. The summed E-state index contributed by atoms with van der Waals surface area (Å²) in [5.74, 6) is 0.485. The van der Waals surface area contributed by atoms with E-state index in [-0.39, 0.29) is 0 Å². The summed E-state index contributed by atoms with van der Waals surface area (Å²) in [7, 11) is 1.92. The highest BCUT2D eigenvalue weighted by molar-refractivity contribution is 5.77. The first-order chi connectivity index (χ1) is 8.08. The molecule has 0 unspecified atom stereocenters. The molecule has 1 aromatic rings. The highest BCUT2D eigenvalue weighted by Gasteiger charge is 1.96. The third-order valence-corrected chi connectivity index (χ3v) is 2.23. The molecule has 0 saturated carbocycles. The maximum atomic E-state index is 5.69. The first-order valence-corrected chi connectivity index (χ1v) is 5.73. The van der Waals surface area contributed by atoms with Crippen molar-refractivity contribution in [3.63, 3.8) is 0 Å². The van der Waals surface area contributed by atoms with E-state index in [1.807, 2.05) is 31.0 Å². The fourth-order valence-corrected chi connectivity index (χ4v) is 1.39. The predicted octanol–water partition coefficient (Wildman–Crippen LogP) is 0.833. The molecule has 0 saturated heterocycles. The molecule has 5 nitrogen and oxygen atoms in total. The molecule has 0 spiro atoms. The Hall–Kier alpha value is -1.78. The maximum Gasteiger partial charge on any atom is 0.188 e. The molecule has 0 aliphatic heterocycles. The fourth-order valence-electron chi connectivity index (χ4n) is 1.39. The van der Waals surface area contributed by atoms with Crippen LogP contribution in [0.2, 0.25) is 0 Å². The number of nitrogens with one attached hydrogen (secondary N) is 1. The van der Waals surface area contributed by atoms with Gasteiger partial charge in [-0.2, -0.15) is 5.10 Å². The van der Waals surface area contributed by atoms with Crippen LogP contribution in [0.4, 0.5) is 0 Å². The highest BCUT2D eigenvalue weighted by Crippen LogP contribution is 1.99. The molecule has 0 aliphatic rings. The van der Waals surface area contributed by atoms with Crippen LogP contribution in [-0.2, 0) is 13.5 Å². The predicted molar refractivity (Wildman–Crippen MR) is 70.8 cm³/mol. The highest BCUT2D eigenvalue weighted by atomic mass is 15.2. The number of hydrogen-bond acceptors (Lipinski definition) is 2. The van der Waals surface area contributed by atoms with E-state index in [0.29, 0.717) is 12.5 Å². The Morgan fingerprint density at radius 3 is 3.00 bits per heavy atom. The van der Waals surface area contributed by atoms with E-state index in [1.165, 1.54) is 5.56 Å². The molecule has 17 heavy (non-hydrogen) atoms. The Balaban J connectivity index is 2.15. The molecule has 0 fully saturated rings. The maximum absolute atomic E-state index is 5.69. The molecule has 0 aromatic carbocycles. The van der Waals surface area contributed by atoms with E-state index in [0.717, 1.165) is 25.0 Å². The minimum Gasteiger partial charge on any atom is -0.370 e. The Morgan fingerprint density at radius 2 is 2.41 bits per heavy atom. The Labute approximate surface area is 102 Å². The van der Waals surface area contributed by atoms with Crippen LogP contribution in [0.15, 0.2) is 29.5 Å². The van der Waals surface area contributed by atoms with Gasteiger partial charge in [0.05, 0.1) is 12.7 Å².